The number of nitrogens with zero attached hydrogens (tertiary/aromatic N) is 3. The Morgan fingerprint density at radius 2 is 1.96 bits per heavy atom. The SMILES string of the molecule is CCCCn1nc(C(=O)N/N=C\c2ccc(F)cc2F)c2ccccc2c1=O. The number of benzene rings is 2. The lowest BCUT2D eigenvalue weighted by Gasteiger charge is -2.09. The van der Waals surface area contributed by atoms with Gasteiger partial charge in [-0.2, -0.15) is 10.2 Å². The van der Waals surface area contributed by atoms with Crippen LogP contribution >= 0.6 is 0 Å². The van der Waals surface area contributed by atoms with Crippen LogP contribution in [-0.4, -0.2) is 21.9 Å². The molecule has 1 heterocycles. The third-order valence-electron chi connectivity index (χ3n) is 4.14. The van der Waals surface area contributed by atoms with Crippen molar-refractivity contribution in [3.63, 3.8) is 0 Å². The molecule has 0 atom stereocenters. The number of unbranched alkanes of at least 4 members (excludes halogenated alkanes) is 1. The maximum atomic E-state index is 13.6. The fourth-order valence-corrected chi connectivity index (χ4v) is 2.68. The quantitative estimate of drug-likeness (QED) is 0.524. The second-order valence-electron chi connectivity index (χ2n) is 6.14. The molecule has 0 aliphatic rings. The molecule has 0 unspecified atom stereocenters. The molecule has 0 fully saturated rings. The number of nitrogens with one attached hydrogen (secondary N) is 1. The fourth-order valence-electron chi connectivity index (χ4n) is 2.68. The fraction of sp³-hybridized carbons (Fsp3) is 0.200. The molecule has 6 nitrogen and oxygen atoms in total. The van der Waals surface area contributed by atoms with Gasteiger partial charge < -0.3 is 0 Å². The van der Waals surface area contributed by atoms with Gasteiger partial charge in [-0.3, -0.25) is 9.59 Å². The highest BCUT2D eigenvalue weighted by molar-refractivity contribution is 6.04. The van der Waals surface area contributed by atoms with E-state index in [0.29, 0.717) is 17.3 Å². The van der Waals surface area contributed by atoms with E-state index in [1.165, 1.54) is 10.7 Å². The molecule has 3 aromatic rings. The van der Waals surface area contributed by atoms with Gasteiger partial charge in [0.2, 0.25) is 0 Å². The van der Waals surface area contributed by atoms with E-state index >= 15 is 0 Å². The van der Waals surface area contributed by atoms with Crippen molar-refractivity contribution in [1.82, 2.24) is 15.2 Å². The monoisotopic (exact) mass is 384 g/mol. The maximum Gasteiger partial charge on any atom is 0.292 e. The normalized spacial score (nSPS) is 11.2. The van der Waals surface area contributed by atoms with Crippen molar-refractivity contribution >= 4 is 22.9 Å². The molecule has 1 amide bonds. The number of carbonyl (C=O) groups excluding carboxylic acids is 1. The van der Waals surface area contributed by atoms with Crippen molar-refractivity contribution < 1.29 is 13.6 Å². The lowest BCUT2D eigenvalue weighted by molar-refractivity contribution is 0.0949. The molecule has 0 radical (unpaired) electrons. The summed E-state index contributed by atoms with van der Waals surface area (Å²) in [4.78, 5) is 25.1. The van der Waals surface area contributed by atoms with E-state index in [0.717, 1.165) is 31.2 Å². The van der Waals surface area contributed by atoms with Gasteiger partial charge in [-0.25, -0.2) is 18.9 Å². The van der Waals surface area contributed by atoms with Gasteiger partial charge in [0.1, 0.15) is 11.6 Å². The van der Waals surface area contributed by atoms with E-state index in [1.54, 1.807) is 24.3 Å². The van der Waals surface area contributed by atoms with Gasteiger partial charge in [0, 0.05) is 23.6 Å². The van der Waals surface area contributed by atoms with Crippen LogP contribution in [0.3, 0.4) is 0 Å². The number of aromatic nitrogens is 2. The van der Waals surface area contributed by atoms with Crippen LogP contribution in [-0.2, 0) is 6.54 Å². The van der Waals surface area contributed by atoms with E-state index in [1.807, 2.05) is 6.92 Å². The first-order valence-electron chi connectivity index (χ1n) is 8.79. The Kier molecular flexibility index (Phi) is 5.88. The number of hydrogen-bond acceptors (Lipinski definition) is 4. The molecular formula is C20H18F2N4O2. The molecule has 0 saturated heterocycles. The Labute approximate surface area is 159 Å². The predicted octanol–water partition coefficient (Wildman–Crippen LogP) is 3.24. The van der Waals surface area contributed by atoms with E-state index in [4.69, 9.17) is 0 Å². The molecular weight excluding hydrogens is 366 g/mol. The summed E-state index contributed by atoms with van der Waals surface area (Å²) < 4.78 is 27.8. The molecule has 0 aliphatic heterocycles. The lowest BCUT2D eigenvalue weighted by Crippen LogP contribution is -2.29. The Hall–Kier alpha value is -3.42. The first-order chi connectivity index (χ1) is 13.5. The molecule has 1 N–H and O–H groups in total. The zero-order valence-corrected chi connectivity index (χ0v) is 15.2. The minimum absolute atomic E-state index is 0.0208. The van der Waals surface area contributed by atoms with Crippen LogP contribution < -0.4 is 11.0 Å². The lowest BCUT2D eigenvalue weighted by atomic mass is 10.1. The molecule has 1 aromatic heterocycles. The first kappa shape index (κ1) is 19.3. The largest absolute Gasteiger partial charge is 0.292 e. The highest BCUT2D eigenvalue weighted by Crippen LogP contribution is 2.13. The summed E-state index contributed by atoms with van der Waals surface area (Å²) in [6.07, 6.45) is 2.69. The minimum Gasteiger partial charge on any atom is -0.267 e. The Balaban J connectivity index is 1.91. The second kappa shape index (κ2) is 8.51. The number of hydrazone groups is 1. The number of halogens is 2. The van der Waals surface area contributed by atoms with E-state index in [2.05, 4.69) is 15.6 Å². The second-order valence-corrected chi connectivity index (χ2v) is 6.14. The molecule has 0 bridgehead atoms. The highest BCUT2D eigenvalue weighted by atomic mass is 19.1. The van der Waals surface area contributed by atoms with Gasteiger partial charge in [-0.1, -0.05) is 31.5 Å². The van der Waals surface area contributed by atoms with Crippen LogP contribution in [0.5, 0.6) is 0 Å². The molecule has 0 saturated carbocycles. The summed E-state index contributed by atoms with van der Waals surface area (Å²) in [6, 6.07) is 9.70. The Bertz CT molecular complexity index is 1110. The van der Waals surface area contributed by atoms with Crippen LogP contribution in [0.25, 0.3) is 10.8 Å². The Morgan fingerprint density at radius 1 is 1.21 bits per heavy atom. The predicted molar refractivity (Wildman–Crippen MR) is 102 cm³/mol. The molecule has 3 rings (SSSR count). The third kappa shape index (κ3) is 4.11. The van der Waals surface area contributed by atoms with Crippen molar-refractivity contribution in [2.24, 2.45) is 5.10 Å². The maximum absolute atomic E-state index is 13.6. The van der Waals surface area contributed by atoms with Crippen LogP contribution in [0.15, 0.2) is 52.4 Å². The zero-order chi connectivity index (χ0) is 20.1. The third-order valence-corrected chi connectivity index (χ3v) is 4.14. The first-order valence-corrected chi connectivity index (χ1v) is 8.79. The number of rotatable bonds is 6. The summed E-state index contributed by atoms with van der Waals surface area (Å²) in [5, 5.41) is 8.69. The van der Waals surface area contributed by atoms with Gasteiger partial charge in [0.05, 0.1) is 11.6 Å². The van der Waals surface area contributed by atoms with Crippen molar-refractivity contribution in [3.8, 4) is 0 Å². The summed E-state index contributed by atoms with van der Waals surface area (Å²) in [5.74, 6) is -2.14. The summed E-state index contributed by atoms with van der Waals surface area (Å²) in [7, 11) is 0. The number of fused-ring (bicyclic) bond motifs is 1. The van der Waals surface area contributed by atoms with Crippen LogP contribution in [0.2, 0.25) is 0 Å². The highest BCUT2D eigenvalue weighted by Gasteiger charge is 2.16. The number of hydrogen-bond donors (Lipinski definition) is 1. The van der Waals surface area contributed by atoms with Crippen molar-refractivity contribution in [1.29, 1.82) is 0 Å². The molecule has 144 valence electrons. The smallest absolute Gasteiger partial charge is 0.267 e. The number of aryl methyl sites for hydroxylation is 1. The molecule has 28 heavy (non-hydrogen) atoms. The Morgan fingerprint density at radius 3 is 2.68 bits per heavy atom. The van der Waals surface area contributed by atoms with Crippen LogP contribution in [0, 0.1) is 11.6 Å². The van der Waals surface area contributed by atoms with E-state index in [9.17, 15) is 18.4 Å². The van der Waals surface area contributed by atoms with Crippen LogP contribution in [0.1, 0.15) is 35.8 Å². The standard InChI is InChI=1S/C20H18F2N4O2/c1-2-3-10-26-20(28)16-7-5-4-6-15(16)18(25-26)19(27)24-23-12-13-8-9-14(21)11-17(13)22/h4-9,11-12H,2-3,10H2,1H3,(H,24,27)/b23-12-. The topological polar surface area (TPSA) is 76.3 Å². The van der Waals surface area contributed by atoms with Gasteiger partial charge in [-0.15, -0.1) is 0 Å². The summed E-state index contributed by atoms with van der Waals surface area (Å²) in [6.45, 7) is 2.38. The minimum atomic E-state index is -0.797. The van der Waals surface area contributed by atoms with Gasteiger partial charge in [-0.05, 0) is 24.6 Å². The van der Waals surface area contributed by atoms with Crippen molar-refractivity contribution in [3.05, 3.63) is 75.7 Å². The van der Waals surface area contributed by atoms with Gasteiger partial charge >= 0.3 is 0 Å². The molecule has 8 heteroatoms. The van der Waals surface area contributed by atoms with Gasteiger partial charge in [0.25, 0.3) is 11.5 Å². The number of carbonyl (C=O) groups is 1. The molecule has 0 spiro atoms. The van der Waals surface area contributed by atoms with Crippen LogP contribution in [0.4, 0.5) is 8.78 Å². The summed E-state index contributed by atoms with van der Waals surface area (Å²) in [5.41, 5.74) is 2.08. The van der Waals surface area contributed by atoms with Gasteiger partial charge in [0.15, 0.2) is 5.69 Å². The molecule has 2 aromatic carbocycles. The van der Waals surface area contributed by atoms with Crippen molar-refractivity contribution in [2.45, 2.75) is 26.3 Å². The van der Waals surface area contributed by atoms with Crippen molar-refractivity contribution in [2.75, 3.05) is 0 Å². The average molecular weight is 384 g/mol. The van der Waals surface area contributed by atoms with E-state index < -0.39 is 17.5 Å². The molecule has 0 aliphatic carbocycles. The average Bonchev–Trinajstić information content (AvgIpc) is 2.69. The van der Waals surface area contributed by atoms with E-state index in [-0.39, 0.29) is 16.8 Å². The summed E-state index contributed by atoms with van der Waals surface area (Å²) >= 11 is 0. The number of amides is 1. The zero-order valence-electron chi connectivity index (χ0n) is 15.2.